The number of aryl methyl sites for hydroxylation is 1. The number of rotatable bonds is 3. The third-order valence-electron chi connectivity index (χ3n) is 4.58. The van der Waals surface area contributed by atoms with Crippen molar-refractivity contribution < 1.29 is 0 Å². The van der Waals surface area contributed by atoms with Gasteiger partial charge in [-0.1, -0.05) is 6.07 Å². The molecule has 0 radical (unpaired) electrons. The third-order valence-corrected chi connectivity index (χ3v) is 4.58. The number of nitrogens with zero attached hydrogens (tertiary/aromatic N) is 6. The standard InChI is InChI=1S/C20H15N7O/c1-12-4-6-14(10-22-12)16-7-5-13(9-23-16)11-27-19-15(3-2-8-21-19)17-18(26-27)20(28)25-24-17/h2-10H,11H2,1H3,(H,25,28). The monoisotopic (exact) mass is 369 g/mol. The first-order chi connectivity index (χ1) is 13.7. The van der Waals surface area contributed by atoms with Crippen molar-refractivity contribution in [3.63, 3.8) is 0 Å². The predicted molar refractivity (Wildman–Crippen MR) is 104 cm³/mol. The average molecular weight is 369 g/mol. The van der Waals surface area contributed by atoms with Crippen LogP contribution in [0.25, 0.3) is 33.7 Å². The van der Waals surface area contributed by atoms with Gasteiger partial charge >= 0.3 is 0 Å². The van der Waals surface area contributed by atoms with Crippen LogP contribution in [0.4, 0.5) is 0 Å². The smallest absolute Gasteiger partial charge is 0.265 e. The van der Waals surface area contributed by atoms with E-state index in [1.54, 1.807) is 17.1 Å². The molecule has 0 fully saturated rings. The number of nitrogens with one attached hydrogen (secondary N) is 1. The SMILES string of the molecule is Cc1ccc(-c2ccc(Cn3nc4c(=O)[nH]nc-4c4cccnc43)cn2)cn1. The Labute approximate surface area is 159 Å². The Hall–Kier alpha value is -3.94. The normalized spacial score (nSPS) is 11.3. The van der Waals surface area contributed by atoms with Crippen molar-refractivity contribution in [2.24, 2.45) is 0 Å². The van der Waals surface area contributed by atoms with Crippen molar-refractivity contribution in [3.05, 3.63) is 76.6 Å². The Morgan fingerprint density at radius 1 is 1.00 bits per heavy atom. The summed E-state index contributed by atoms with van der Waals surface area (Å²) in [5.41, 5.74) is 4.91. The molecule has 0 aliphatic carbocycles. The van der Waals surface area contributed by atoms with Crippen molar-refractivity contribution >= 4 is 11.0 Å². The molecule has 1 N–H and O–H groups in total. The first-order valence-corrected chi connectivity index (χ1v) is 8.77. The summed E-state index contributed by atoms with van der Waals surface area (Å²) in [7, 11) is 0. The predicted octanol–water partition coefficient (Wildman–Crippen LogP) is 2.43. The molecule has 28 heavy (non-hydrogen) atoms. The van der Waals surface area contributed by atoms with Crippen LogP contribution in [0.3, 0.4) is 0 Å². The van der Waals surface area contributed by atoms with E-state index in [1.165, 1.54) is 0 Å². The Balaban J connectivity index is 1.54. The first-order valence-electron chi connectivity index (χ1n) is 8.77. The molecule has 0 unspecified atom stereocenters. The summed E-state index contributed by atoms with van der Waals surface area (Å²) in [5, 5.41) is 11.8. The van der Waals surface area contributed by atoms with Crippen molar-refractivity contribution in [2.45, 2.75) is 13.5 Å². The number of hydrogen-bond donors (Lipinski definition) is 1. The molecule has 5 heterocycles. The molecule has 0 amide bonds. The molecule has 0 atom stereocenters. The van der Waals surface area contributed by atoms with Gasteiger partial charge in [0.25, 0.3) is 5.56 Å². The van der Waals surface area contributed by atoms with Crippen molar-refractivity contribution in [3.8, 4) is 22.6 Å². The average Bonchev–Trinajstić information content (AvgIpc) is 3.10. The highest BCUT2D eigenvalue weighted by Crippen LogP contribution is 2.23. The topological polar surface area (TPSA) is 102 Å². The number of fused-ring (bicyclic) bond motifs is 3. The lowest BCUT2D eigenvalue weighted by atomic mass is 10.1. The van der Waals surface area contributed by atoms with Gasteiger partial charge in [0.1, 0.15) is 5.69 Å². The molecule has 136 valence electrons. The largest absolute Gasteiger partial charge is 0.294 e. The van der Waals surface area contributed by atoms with Gasteiger partial charge in [-0.15, -0.1) is 0 Å². The Bertz CT molecular complexity index is 1300. The minimum Gasteiger partial charge on any atom is -0.265 e. The van der Waals surface area contributed by atoms with Crippen molar-refractivity contribution in [1.82, 2.24) is 34.9 Å². The maximum absolute atomic E-state index is 12.0. The van der Waals surface area contributed by atoms with E-state index in [0.717, 1.165) is 27.9 Å². The molecular weight excluding hydrogens is 354 g/mol. The van der Waals surface area contributed by atoms with Gasteiger partial charge in [0, 0.05) is 35.2 Å². The molecule has 0 bridgehead atoms. The number of H-pyrrole nitrogens is 1. The van der Waals surface area contributed by atoms with Crippen LogP contribution in [0.2, 0.25) is 0 Å². The highest BCUT2D eigenvalue weighted by Gasteiger charge is 2.19. The first kappa shape index (κ1) is 16.2. The van der Waals surface area contributed by atoms with E-state index >= 15 is 0 Å². The van der Waals surface area contributed by atoms with E-state index < -0.39 is 0 Å². The highest BCUT2D eigenvalue weighted by atomic mass is 16.1. The fraction of sp³-hybridized carbons (Fsp3) is 0.100. The Morgan fingerprint density at radius 2 is 1.93 bits per heavy atom. The Morgan fingerprint density at radius 3 is 2.71 bits per heavy atom. The highest BCUT2D eigenvalue weighted by molar-refractivity contribution is 5.89. The van der Waals surface area contributed by atoms with Gasteiger partial charge in [-0.25, -0.2) is 14.8 Å². The second kappa shape index (κ2) is 6.34. The molecule has 2 aliphatic heterocycles. The van der Waals surface area contributed by atoms with Gasteiger partial charge < -0.3 is 0 Å². The van der Waals surface area contributed by atoms with Gasteiger partial charge in [-0.3, -0.25) is 14.8 Å². The number of hydrogen-bond acceptors (Lipinski definition) is 6. The molecule has 0 saturated carbocycles. The Kier molecular flexibility index (Phi) is 3.68. The molecular formula is C20H15N7O. The van der Waals surface area contributed by atoms with Crippen LogP contribution < -0.4 is 5.56 Å². The molecule has 0 aromatic carbocycles. The van der Waals surface area contributed by atoms with Crippen LogP contribution in [0.5, 0.6) is 0 Å². The summed E-state index contributed by atoms with van der Waals surface area (Å²) in [4.78, 5) is 25.3. The maximum atomic E-state index is 12.0. The molecule has 5 rings (SSSR count). The molecule has 3 aromatic heterocycles. The zero-order valence-corrected chi connectivity index (χ0v) is 15.0. The zero-order valence-electron chi connectivity index (χ0n) is 15.0. The molecule has 8 nitrogen and oxygen atoms in total. The zero-order chi connectivity index (χ0) is 19.1. The second-order valence-corrected chi connectivity index (χ2v) is 6.52. The van der Waals surface area contributed by atoms with Crippen LogP contribution >= 0.6 is 0 Å². The lowest BCUT2D eigenvalue weighted by molar-refractivity contribution is 0.689. The van der Waals surface area contributed by atoms with E-state index in [1.807, 2.05) is 49.5 Å². The fourth-order valence-electron chi connectivity index (χ4n) is 3.15. The van der Waals surface area contributed by atoms with Crippen LogP contribution in [-0.4, -0.2) is 34.9 Å². The van der Waals surface area contributed by atoms with Gasteiger partial charge in [-0.2, -0.15) is 10.2 Å². The summed E-state index contributed by atoms with van der Waals surface area (Å²) >= 11 is 0. The summed E-state index contributed by atoms with van der Waals surface area (Å²) < 4.78 is 1.71. The number of aromatic amines is 1. The van der Waals surface area contributed by atoms with E-state index in [9.17, 15) is 4.79 Å². The summed E-state index contributed by atoms with van der Waals surface area (Å²) in [5.74, 6) is 0. The minimum absolute atomic E-state index is 0.302. The van der Waals surface area contributed by atoms with E-state index in [4.69, 9.17) is 0 Å². The van der Waals surface area contributed by atoms with Gasteiger partial charge in [-0.05, 0) is 42.8 Å². The van der Waals surface area contributed by atoms with Crippen LogP contribution in [0.1, 0.15) is 11.3 Å². The minimum atomic E-state index is -0.310. The van der Waals surface area contributed by atoms with E-state index in [-0.39, 0.29) is 5.56 Å². The van der Waals surface area contributed by atoms with E-state index in [2.05, 4.69) is 30.2 Å². The van der Waals surface area contributed by atoms with Crippen molar-refractivity contribution in [2.75, 3.05) is 0 Å². The van der Waals surface area contributed by atoms with Gasteiger partial charge in [0.15, 0.2) is 11.3 Å². The molecule has 0 spiro atoms. The number of aromatic nitrogens is 7. The summed E-state index contributed by atoms with van der Waals surface area (Å²) in [6, 6.07) is 11.6. The van der Waals surface area contributed by atoms with Gasteiger partial charge in [0.2, 0.25) is 0 Å². The summed E-state index contributed by atoms with van der Waals surface area (Å²) in [6.07, 6.45) is 5.31. The van der Waals surface area contributed by atoms with Crippen molar-refractivity contribution in [1.29, 1.82) is 0 Å². The van der Waals surface area contributed by atoms with Gasteiger partial charge in [0.05, 0.1) is 12.2 Å². The molecule has 2 aliphatic rings. The van der Waals surface area contributed by atoms with Crippen LogP contribution in [0.15, 0.2) is 59.8 Å². The van der Waals surface area contributed by atoms with Crippen LogP contribution in [0, 0.1) is 6.92 Å². The molecule has 0 saturated heterocycles. The summed E-state index contributed by atoms with van der Waals surface area (Å²) in [6.45, 7) is 2.39. The fourth-order valence-corrected chi connectivity index (χ4v) is 3.15. The maximum Gasteiger partial charge on any atom is 0.294 e. The number of pyridine rings is 3. The lowest BCUT2D eigenvalue weighted by Gasteiger charge is -2.11. The quantitative estimate of drug-likeness (QED) is 0.524. The lowest BCUT2D eigenvalue weighted by Crippen LogP contribution is -2.13. The third kappa shape index (κ3) is 2.71. The van der Waals surface area contributed by atoms with Crippen LogP contribution in [-0.2, 0) is 6.54 Å². The second-order valence-electron chi connectivity index (χ2n) is 6.52. The molecule has 8 heteroatoms. The molecule has 3 aromatic rings. The van der Waals surface area contributed by atoms with E-state index in [0.29, 0.717) is 23.6 Å².